The molecule has 0 unspecified atom stereocenters. The molecule has 0 bridgehead atoms. The highest BCUT2D eigenvalue weighted by Gasteiger charge is 2.11. The molecule has 0 aliphatic rings. The van der Waals surface area contributed by atoms with E-state index in [1.54, 1.807) is 23.1 Å². The molecule has 4 aromatic rings. The monoisotopic (exact) mass is 393 g/mol. The van der Waals surface area contributed by atoms with Crippen LogP contribution in [-0.2, 0) is 12.2 Å². The molecule has 27 heavy (non-hydrogen) atoms. The number of fused-ring (bicyclic) bond motifs is 1. The van der Waals surface area contributed by atoms with Crippen molar-refractivity contribution in [3.63, 3.8) is 0 Å². The van der Waals surface area contributed by atoms with Crippen molar-refractivity contribution >= 4 is 34.7 Å². The fraction of sp³-hybridized carbons (Fsp3) is 0.143. The van der Waals surface area contributed by atoms with Crippen LogP contribution in [0.2, 0.25) is 0 Å². The Labute approximate surface area is 166 Å². The van der Waals surface area contributed by atoms with Gasteiger partial charge in [0.2, 0.25) is 0 Å². The first kappa shape index (κ1) is 17.8. The Hall–Kier alpha value is -2.57. The third kappa shape index (κ3) is 4.40. The van der Waals surface area contributed by atoms with Gasteiger partial charge in [-0.2, -0.15) is 0 Å². The Bertz CT molecular complexity index is 1010. The number of hydrogen-bond donors (Lipinski definition) is 1. The fourth-order valence-electron chi connectivity index (χ4n) is 2.83. The molecule has 3 aromatic heterocycles. The lowest BCUT2D eigenvalue weighted by atomic mass is 10.2. The van der Waals surface area contributed by atoms with Gasteiger partial charge in [0.05, 0.1) is 11.3 Å². The van der Waals surface area contributed by atoms with Gasteiger partial charge in [-0.3, -0.25) is 4.79 Å². The molecule has 0 fully saturated rings. The average Bonchev–Trinajstić information content (AvgIpc) is 3.35. The minimum Gasteiger partial charge on any atom is -0.352 e. The first-order chi connectivity index (χ1) is 13.3. The number of imidazole rings is 1. The van der Waals surface area contributed by atoms with Crippen molar-refractivity contribution < 1.29 is 4.79 Å². The van der Waals surface area contributed by atoms with Crippen LogP contribution in [0.3, 0.4) is 0 Å². The number of hydrogen-bond acceptors (Lipinski definition) is 4. The molecular formula is C21H19N3OS2. The largest absolute Gasteiger partial charge is 0.352 e. The van der Waals surface area contributed by atoms with Crippen LogP contribution in [-0.4, -0.2) is 21.8 Å². The van der Waals surface area contributed by atoms with E-state index in [9.17, 15) is 4.79 Å². The summed E-state index contributed by atoms with van der Waals surface area (Å²) in [6, 6.07) is 17.9. The third-order valence-corrected chi connectivity index (χ3v) is 6.34. The molecule has 4 rings (SSSR count). The zero-order valence-electron chi connectivity index (χ0n) is 14.7. The van der Waals surface area contributed by atoms with E-state index in [1.807, 2.05) is 59.3 Å². The molecule has 0 saturated carbocycles. The Morgan fingerprint density at radius 1 is 1.11 bits per heavy atom. The van der Waals surface area contributed by atoms with Gasteiger partial charge in [0, 0.05) is 40.9 Å². The number of aromatic nitrogens is 2. The maximum absolute atomic E-state index is 12.6. The van der Waals surface area contributed by atoms with E-state index in [4.69, 9.17) is 0 Å². The summed E-state index contributed by atoms with van der Waals surface area (Å²) in [7, 11) is 0. The Morgan fingerprint density at radius 3 is 2.85 bits per heavy atom. The number of benzene rings is 1. The van der Waals surface area contributed by atoms with Crippen molar-refractivity contribution in [2.75, 3.05) is 6.54 Å². The number of carbonyl (C=O) groups excluding carboxylic acids is 1. The van der Waals surface area contributed by atoms with Crippen molar-refractivity contribution in [3.05, 3.63) is 88.5 Å². The number of thioether (sulfide) groups is 1. The van der Waals surface area contributed by atoms with Crippen molar-refractivity contribution in [3.8, 4) is 0 Å². The molecule has 1 aromatic carbocycles. The van der Waals surface area contributed by atoms with E-state index in [-0.39, 0.29) is 5.91 Å². The number of rotatable bonds is 7. The van der Waals surface area contributed by atoms with Crippen LogP contribution in [0.5, 0.6) is 0 Å². The quantitative estimate of drug-likeness (QED) is 0.465. The summed E-state index contributed by atoms with van der Waals surface area (Å²) in [6.45, 7) is 0.562. The van der Waals surface area contributed by atoms with Crippen LogP contribution >= 0.6 is 23.1 Å². The average molecular weight is 394 g/mol. The lowest BCUT2D eigenvalue weighted by Gasteiger charge is -2.09. The molecule has 4 nitrogen and oxygen atoms in total. The smallest absolute Gasteiger partial charge is 0.252 e. The highest BCUT2D eigenvalue weighted by Crippen LogP contribution is 2.27. The molecule has 0 saturated heterocycles. The van der Waals surface area contributed by atoms with Gasteiger partial charge in [-0.05, 0) is 35.7 Å². The van der Waals surface area contributed by atoms with Crippen LogP contribution in [0.4, 0.5) is 0 Å². The molecule has 0 aliphatic carbocycles. The van der Waals surface area contributed by atoms with E-state index in [2.05, 4.69) is 27.8 Å². The van der Waals surface area contributed by atoms with Crippen molar-refractivity contribution in [2.45, 2.75) is 17.1 Å². The van der Waals surface area contributed by atoms with Crippen LogP contribution in [0.15, 0.2) is 77.3 Å². The second-order valence-corrected chi connectivity index (χ2v) is 8.12. The van der Waals surface area contributed by atoms with Crippen molar-refractivity contribution in [2.24, 2.45) is 0 Å². The van der Waals surface area contributed by atoms with Crippen LogP contribution in [0.25, 0.3) is 5.65 Å². The Balaban J connectivity index is 1.36. The fourth-order valence-corrected chi connectivity index (χ4v) is 4.65. The molecule has 6 heteroatoms. The van der Waals surface area contributed by atoms with Crippen molar-refractivity contribution in [1.29, 1.82) is 0 Å². The number of amides is 1. The minimum atomic E-state index is -0.0342. The predicted molar refractivity (Wildman–Crippen MR) is 112 cm³/mol. The molecule has 0 aliphatic heterocycles. The van der Waals surface area contributed by atoms with Crippen molar-refractivity contribution in [1.82, 2.24) is 14.7 Å². The van der Waals surface area contributed by atoms with Gasteiger partial charge in [-0.15, -0.1) is 23.1 Å². The third-order valence-electron chi connectivity index (χ3n) is 4.16. The first-order valence-electron chi connectivity index (χ1n) is 8.74. The number of thiophene rings is 1. The summed E-state index contributed by atoms with van der Waals surface area (Å²) in [5.41, 5.74) is 2.63. The summed E-state index contributed by atoms with van der Waals surface area (Å²) in [5, 5.41) is 5.10. The van der Waals surface area contributed by atoms with Crippen LogP contribution in [0.1, 0.15) is 20.9 Å². The lowest BCUT2D eigenvalue weighted by molar-refractivity contribution is 0.0951. The molecule has 1 N–H and O–H groups in total. The molecule has 0 radical (unpaired) electrons. The molecule has 3 heterocycles. The summed E-state index contributed by atoms with van der Waals surface area (Å²) in [6.07, 6.45) is 4.69. The summed E-state index contributed by atoms with van der Waals surface area (Å²) < 4.78 is 1.99. The van der Waals surface area contributed by atoms with Gasteiger partial charge in [-0.25, -0.2) is 4.98 Å². The molecular weight excluding hydrogens is 374 g/mol. The van der Waals surface area contributed by atoms with Crippen LogP contribution < -0.4 is 5.32 Å². The Morgan fingerprint density at radius 2 is 2.00 bits per heavy atom. The minimum absolute atomic E-state index is 0.0342. The number of nitrogens with zero attached hydrogens (tertiary/aromatic N) is 2. The normalized spacial score (nSPS) is 11.0. The van der Waals surface area contributed by atoms with Crippen LogP contribution in [0, 0.1) is 0 Å². The topological polar surface area (TPSA) is 46.4 Å². The van der Waals surface area contributed by atoms with Gasteiger partial charge in [-0.1, -0.05) is 24.3 Å². The predicted octanol–water partition coefficient (Wildman–Crippen LogP) is 4.66. The summed E-state index contributed by atoms with van der Waals surface area (Å²) in [5.74, 6) is 0.844. The van der Waals surface area contributed by atoms with E-state index in [1.165, 1.54) is 4.88 Å². The van der Waals surface area contributed by atoms with Gasteiger partial charge in [0.1, 0.15) is 5.65 Å². The van der Waals surface area contributed by atoms with Gasteiger partial charge >= 0.3 is 0 Å². The maximum Gasteiger partial charge on any atom is 0.252 e. The molecule has 1 amide bonds. The molecule has 0 spiro atoms. The SMILES string of the molecule is O=C(NCCc1cn2ccccc2n1)c1ccccc1SCc1cccs1. The summed E-state index contributed by atoms with van der Waals surface area (Å²) >= 11 is 3.44. The second kappa shape index (κ2) is 8.41. The highest BCUT2D eigenvalue weighted by molar-refractivity contribution is 7.98. The van der Waals surface area contributed by atoms with Gasteiger partial charge in [0.15, 0.2) is 0 Å². The number of pyridine rings is 1. The highest BCUT2D eigenvalue weighted by atomic mass is 32.2. The summed E-state index contributed by atoms with van der Waals surface area (Å²) in [4.78, 5) is 19.5. The maximum atomic E-state index is 12.6. The number of nitrogens with one attached hydrogen (secondary N) is 1. The second-order valence-electron chi connectivity index (χ2n) is 6.07. The zero-order valence-corrected chi connectivity index (χ0v) is 16.3. The lowest BCUT2D eigenvalue weighted by Crippen LogP contribution is -2.26. The van der Waals surface area contributed by atoms with Gasteiger partial charge in [0.25, 0.3) is 5.91 Å². The standard InChI is InChI=1S/C21H19N3OS2/c25-21(22-11-10-16-14-24-12-4-3-9-20(24)23-16)18-7-1-2-8-19(18)27-15-17-6-5-13-26-17/h1-9,12-14H,10-11,15H2,(H,22,25). The molecule has 136 valence electrons. The molecule has 0 atom stereocenters. The van der Waals surface area contributed by atoms with E-state index in [0.717, 1.165) is 27.6 Å². The van der Waals surface area contributed by atoms with Gasteiger partial charge < -0.3 is 9.72 Å². The first-order valence-corrected chi connectivity index (χ1v) is 10.6. The Kier molecular flexibility index (Phi) is 5.55. The van der Waals surface area contributed by atoms with E-state index >= 15 is 0 Å². The zero-order chi connectivity index (χ0) is 18.5. The van der Waals surface area contributed by atoms with E-state index in [0.29, 0.717) is 13.0 Å². The van der Waals surface area contributed by atoms with E-state index < -0.39 is 0 Å². The number of carbonyl (C=O) groups is 1.